The topological polar surface area (TPSA) is 102 Å². The smallest absolute Gasteiger partial charge is 0.244 e. The number of amides is 1. The van der Waals surface area contributed by atoms with Crippen LogP contribution < -0.4 is 10.1 Å². The van der Waals surface area contributed by atoms with Crippen LogP contribution in [0.5, 0.6) is 5.88 Å². The third-order valence-corrected chi connectivity index (χ3v) is 7.04. The molecular weight excluding hydrogens is 520 g/mol. The average molecular weight is 549 g/mol. The fourth-order valence-corrected chi connectivity index (χ4v) is 5.02. The lowest BCUT2D eigenvalue weighted by molar-refractivity contribution is -0.131. The molecule has 1 aromatic carbocycles. The number of likely N-dealkylation sites (tertiary alicyclic amines) is 1. The predicted octanol–water partition coefficient (Wildman–Crippen LogP) is 3.92. The van der Waals surface area contributed by atoms with Gasteiger partial charge in [-0.25, -0.2) is 18.0 Å². The van der Waals surface area contributed by atoms with Crippen LogP contribution in [0.2, 0.25) is 0 Å². The van der Waals surface area contributed by atoms with E-state index in [0.29, 0.717) is 29.6 Å². The van der Waals surface area contributed by atoms with Crippen molar-refractivity contribution >= 4 is 28.4 Å². The van der Waals surface area contributed by atoms with Crippen LogP contribution in [-0.4, -0.2) is 86.2 Å². The highest BCUT2D eigenvalue weighted by molar-refractivity contribution is 5.89. The third-order valence-electron chi connectivity index (χ3n) is 7.04. The molecule has 2 atom stereocenters. The molecule has 208 valence electrons. The molecule has 14 heteroatoms. The maximum Gasteiger partial charge on any atom is 0.244 e. The second-order valence-electron chi connectivity index (χ2n) is 9.46. The zero-order chi connectivity index (χ0) is 27.7. The molecule has 1 saturated heterocycles. The van der Waals surface area contributed by atoms with E-state index < -0.39 is 37.4 Å². The fraction of sp³-hybridized carbons (Fsp3) is 0.480. The summed E-state index contributed by atoms with van der Waals surface area (Å²) in [5, 5.41) is 15.5. The first-order valence-electron chi connectivity index (χ1n) is 12.6. The summed E-state index contributed by atoms with van der Waals surface area (Å²) in [4.78, 5) is 17.4. The highest BCUT2D eigenvalue weighted by Crippen LogP contribution is 2.36. The molecule has 39 heavy (non-hydrogen) atoms. The molecule has 10 nitrogen and oxygen atoms in total. The van der Waals surface area contributed by atoms with Gasteiger partial charge in [-0.1, -0.05) is 11.3 Å². The lowest BCUT2D eigenvalue weighted by atomic mass is 10.0. The van der Waals surface area contributed by atoms with E-state index in [1.165, 1.54) is 34.3 Å². The first-order valence-corrected chi connectivity index (χ1v) is 12.6. The monoisotopic (exact) mass is 548 g/mol. The SMILES string of the molecule is COc1nc(N[C@H]2CCN(C(C)=O)C[C@H]2F)nn2cc(F)c(-c3ccc4nnn(C(CCF)CCF)c4c3)c12. The second-order valence-corrected chi connectivity index (χ2v) is 9.46. The van der Waals surface area contributed by atoms with Crippen molar-refractivity contribution in [3.63, 3.8) is 0 Å². The number of carbonyl (C=O) groups is 1. The first kappa shape index (κ1) is 26.6. The molecule has 1 N–H and O–H groups in total. The molecule has 0 unspecified atom stereocenters. The van der Waals surface area contributed by atoms with E-state index >= 15 is 4.39 Å². The number of anilines is 1. The minimum absolute atomic E-state index is 0.0416. The lowest BCUT2D eigenvalue weighted by Gasteiger charge is -2.34. The Morgan fingerprint density at radius 3 is 2.69 bits per heavy atom. The number of carbonyl (C=O) groups excluding carboxylic acids is 1. The maximum absolute atomic E-state index is 15.4. The summed E-state index contributed by atoms with van der Waals surface area (Å²) in [6, 6.07) is 3.78. The van der Waals surface area contributed by atoms with Gasteiger partial charge in [0.15, 0.2) is 5.82 Å². The molecule has 1 amide bonds. The number of piperidine rings is 1. The number of ether oxygens (including phenoxy) is 1. The van der Waals surface area contributed by atoms with E-state index in [9.17, 15) is 18.0 Å². The van der Waals surface area contributed by atoms with Gasteiger partial charge in [0.05, 0.1) is 56.4 Å². The van der Waals surface area contributed by atoms with Crippen LogP contribution in [0.3, 0.4) is 0 Å². The Labute approximate surface area is 220 Å². The van der Waals surface area contributed by atoms with E-state index in [2.05, 4.69) is 25.7 Å². The van der Waals surface area contributed by atoms with Gasteiger partial charge in [0.1, 0.15) is 17.2 Å². The number of rotatable bonds is 9. The van der Waals surface area contributed by atoms with Crippen molar-refractivity contribution in [3.8, 4) is 17.0 Å². The van der Waals surface area contributed by atoms with E-state index in [1.54, 1.807) is 18.2 Å². The molecule has 5 rings (SSSR count). The summed E-state index contributed by atoms with van der Waals surface area (Å²) >= 11 is 0. The van der Waals surface area contributed by atoms with Gasteiger partial charge >= 0.3 is 0 Å². The number of nitrogens with one attached hydrogen (secondary N) is 1. The molecule has 0 aliphatic carbocycles. The minimum atomic E-state index is -1.34. The number of fused-ring (bicyclic) bond motifs is 2. The second kappa shape index (κ2) is 11.0. The van der Waals surface area contributed by atoms with Crippen molar-refractivity contribution in [1.82, 2.24) is 34.5 Å². The Kier molecular flexibility index (Phi) is 7.53. The Morgan fingerprint density at radius 2 is 2.03 bits per heavy atom. The fourth-order valence-electron chi connectivity index (χ4n) is 5.02. The molecule has 0 spiro atoms. The van der Waals surface area contributed by atoms with Gasteiger partial charge in [-0.3, -0.25) is 13.6 Å². The van der Waals surface area contributed by atoms with Crippen molar-refractivity contribution in [2.45, 2.75) is 44.4 Å². The van der Waals surface area contributed by atoms with Crippen molar-refractivity contribution in [2.75, 3.05) is 38.9 Å². The van der Waals surface area contributed by atoms with Gasteiger partial charge in [-0.15, -0.1) is 10.2 Å². The summed E-state index contributed by atoms with van der Waals surface area (Å²) in [5.74, 6) is -0.700. The lowest BCUT2D eigenvalue weighted by Crippen LogP contribution is -2.49. The number of aromatic nitrogens is 6. The minimum Gasteiger partial charge on any atom is -0.479 e. The molecule has 4 aromatic rings. The number of halogens is 4. The molecule has 0 saturated carbocycles. The van der Waals surface area contributed by atoms with Crippen LogP contribution in [0, 0.1) is 5.82 Å². The molecule has 1 fully saturated rings. The third kappa shape index (κ3) is 5.06. The van der Waals surface area contributed by atoms with Crippen LogP contribution in [0.25, 0.3) is 27.7 Å². The molecular formula is C25H28F4N8O2. The zero-order valence-corrected chi connectivity index (χ0v) is 21.5. The van der Waals surface area contributed by atoms with Crippen molar-refractivity contribution in [1.29, 1.82) is 0 Å². The number of nitrogens with zero attached hydrogens (tertiary/aromatic N) is 7. The number of hydrogen-bond acceptors (Lipinski definition) is 7. The van der Waals surface area contributed by atoms with Gasteiger partial charge in [0, 0.05) is 13.5 Å². The van der Waals surface area contributed by atoms with E-state index in [1.807, 2.05) is 0 Å². The Morgan fingerprint density at radius 1 is 1.26 bits per heavy atom. The highest BCUT2D eigenvalue weighted by atomic mass is 19.1. The van der Waals surface area contributed by atoms with E-state index in [0.717, 1.165) is 0 Å². The highest BCUT2D eigenvalue weighted by Gasteiger charge is 2.31. The summed E-state index contributed by atoms with van der Waals surface area (Å²) in [5.41, 5.74) is 1.83. The Balaban J connectivity index is 1.51. The molecule has 1 aliphatic heterocycles. The van der Waals surface area contributed by atoms with Crippen molar-refractivity contribution in [2.24, 2.45) is 0 Å². The van der Waals surface area contributed by atoms with Gasteiger partial charge in [0.2, 0.25) is 17.7 Å². The standard InChI is InChI=1S/C25H28F4N8O2/c1-14(38)35-10-7-19(17(28)12-35)30-25-31-24(39-2)23-22(18(29)13-36(23)33-25)15-3-4-20-21(11-15)37(34-32-20)16(5-8-26)6-9-27/h3-4,11,13,16-17,19H,5-10,12H2,1-2H3,(H,30,33)/t17-,19+/m1/s1. The number of methoxy groups -OCH3 is 1. The van der Waals surface area contributed by atoms with Crippen molar-refractivity contribution in [3.05, 3.63) is 30.2 Å². The van der Waals surface area contributed by atoms with Crippen LogP contribution >= 0.6 is 0 Å². The molecule has 0 bridgehead atoms. The van der Waals surface area contributed by atoms with Crippen LogP contribution in [0.15, 0.2) is 24.4 Å². The average Bonchev–Trinajstić information content (AvgIpc) is 3.48. The number of alkyl halides is 3. The Bertz CT molecular complexity index is 1490. The number of benzene rings is 1. The first-order chi connectivity index (χ1) is 18.8. The summed E-state index contributed by atoms with van der Waals surface area (Å²) in [6.45, 7) is 0.457. The molecule has 3 aromatic heterocycles. The van der Waals surface area contributed by atoms with Crippen LogP contribution in [0.1, 0.15) is 32.2 Å². The zero-order valence-electron chi connectivity index (χ0n) is 21.5. The van der Waals surface area contributed by atoms with Gasteiger partial charge in [0.25, 0.3) is 0 Å². The molecule has 4 heterocycles. The summed E-state index contributed by atoms with van der Waals surface area (Å²) < 4.78 is 64.6. The van der Waals surface area contributed by atoms with Crippen molar-refractivity contribution < 1.29 is 27.1 Å². The summed E-state index contributed by atoms with van der Waals surface area (Å²) in [7, 11) is 1.38. The van der Waals surface area contributed by atoms with E-state index in [-0.39, 0.29) is 48.2 Å². The van der Waals surface area contributed by atoms with Crippen LogP contribution in [0.4, 0.5) is 23.5 Å². The van der Waals surface area contributed by atoms with Gasteiger partial charge < -0.3 is 15.0 Å². The molecule has 0 radical (unpaired) electrons. The van der Waals surface area contributed by atoms with Crippen LogP contribution in [-0.2, 0) is 4.79 Å². The van der Waals surface area contributed by atoms with Gasteiger partial charge in [-0.05, 0) is 37.0 Å². The normalized spacial score (nSPS) is 17.9. The Hall–Kier alpha value is -3.97. The molecule has 1 aliphatic rings. The maximum atomic E-state index is 15.4. The quantitative estimate of drug-likeness (QED) is 0.317. The summed E-state index contributed by atoms with van der Waals surface area (Å²) in [6.07, 6.45) is 0.319. The number of hydrogen-bond donors (Lipinski definition) is 1. The largest absolute Gasteiger partial charge is 0.479 e. The predicted molar refractivity (Wildman–Crippen MR) is 135 cm³/mol. The van der Waals surface area contributed by atoms with Gasteiger partial charge in [-0.2, -0.15) is 4.98 Å². The van der Waals surface area contributed by atoms with E-state index in [4.69, 9.17) is 4.74 Å².